The summed E-state index contributed by atoms with van der Waals surface area (Å²) in [5.41, 5.74) is 0. The van der Waals surface area contributed by atoms with Crippen LogP contribution in [0.3, 0.4) is 0 Å². The van der Waals surface area contributed by atoms with E-state index in [1.165, 1.54) is 6.42 Å². The molecule has 1 heteroatoms. The van der Waals surface area contributed by atoms with Crippen molar-refractivity contribution in [3.05, 3.63) is 0 Å². The fourth-order valence-corrected chi connectivity index (χ4v) is 1.66. The van der Waals surface area contributed by atoms with Crippen LogP contribution in [0.2, 0.25) is 0 Å². The first-order chi connectivity index (χ1) is 4.74. The maximum Gasteiger partial charge on any atom is 0.0655 e. The minimum absolute atomic E-state index is 0.353. The molecule has 56 valence electrons. The highest BCUT2D eigenvalue weighted by Gasteiger charge is 2.23. The van der Waals surface area contributed by atoms with E-state index in [9.17, 15) is 0 Å². The summed E-state index contributed by atoms with van der Waals surface area (Å²) in [5.74, 6) is 1.95. The lowest BCUT2D eigenvalue weighted by Crippen LogP contribution is -2.19. The maximum atomic E-state index is 8.65. The van der Waals surface area contributed by atoms with E-state index in [0.29, 0.717) is 5.92 Å². The van der Waals surface area contributed by atoms with Gasteiger partial charge < -0.3 is 0 Å². The van der Waals surface area contributed by atoms with Crippen molar-refractivity contribution < 1.29 is 0 Å². The normalized spacial score (nSPS) is 40.7. The highest BCUT2D eigenvalue weighted by atomic mass is 14.3. The maximum absolute atomic E-state index is 8.65. The summed E-state index contributed by atoms with van der Waals surface area (Å²) < 4.78 is 0. The number of nitrogens with zero attached hydrogens (tertiary/aromatic N) is 1. The molecule has 10 heavy (non-hydrogen) atoms. The lowest BCUT2D eigenvalue weighted by Gasteiger charge is -2.28. The Hall–Kier alpha value is -0.510. The molecule has 1 rings (SSSR count). The van der Waals surface area contributed by atoms with Gasteiger partial charge in [0.2, 0.25) is 0 Å². The van der Waals surface area contributed by atoms with Crippen molar-refractivity contribution in [2.24, 2.45) is 17.8 Å². The van der Waals surface area contributed by atoms with E-state index in [2.05, 4.69) is 19.9 Å². The van der Waals surface area contributed by atoms with Crippen molar-refractivity contribution in [1.82, 2.24) is 0 Å². The largest absolute Gasteiger partial charge is 0.198 e. The van der Waals surface area contributed by atoms with Crippen molar-refractivity contribution in [1.29, 1.82) is 5.26 Å². The van der Waals surface area contributed by atoms with Crippen molar-refractivity contribution in [3.63, 3.8) is 0 Å². The predicted molar refractivity (Wildman–Crippen MR) is 41.3 cm³/mol. The number of hydrogen-bond acceptors (Lipinski definition) is 1. The van der Waals surface area contributed by atoms with E-state index in [4.69, 9.17) is 5.26 Å². The molecule has 0 aromatic rings. The minimum atomic E-state index is 0.353. The third-order valence-corrected chi connectivity index (χ3v) is 2.78. The van der Waals surface area contributed by atoms with Crippen LogP contribution in [-0.4, -0.2) is 0 Å². The molecule has 0 aromatic heterocycles. The summed E-state index contributed by atoms with van der Waals surface area (Å²) >= 11 is 0. The number of rotatable bonds is 0. The Morgan fingerprint density at radius 2 is 1.90 bits per heavy atom. The Labute approximate surface area is 63.0 Å². The van der Waals surface area contributed by atoms with Gasteiger partial charge in [-0.2, -0.15) is 5.26 Å². The molecular weight excluding hydrogens is 122 g/mol. The molecule has 3 atom stereocenters. The smallest absolute Gasteiger partial charge is 0.0655 e. The average Bonchev–Trinajstić information content (AvgIpc) is 1.95. The van der Waals surface area contributed by atoms with Gasteiger partial charge in [-0.15, -0.1) is 0 Å². The van der Waals surface area contributed by atoms with Crippen molar-refractivity contribution in [2.45, 2.75) is 33.1 Å². The van der Waals surface area contributed by atoms with E-state index in [1.54, 1.807) is 0 Å². The highest BCUT2D eigenvalue weighted by molar-refractivity contribution is 4.88. The fourth-order valence-electron chi connectivity index (χ4n) is 1.66. The van der Waals surface area contributed by atoms with Gasteiger partial charge in [-0.3, -0.25) is 0 Å². The minimum Gasteiger partial charge on any atom is -0.198 e. The van der Waals surface area contributed by atoms with Crippen LogP contribution in [0.5, 0.6) is 0 Å². The third kappa shape index (κ3) is 1.50. The first-order valence-corrected chi connectivity index (χ1v) is 4.13. The van der Waals surface area contributed by atoms with Gasteiger partial charge in [-0.1, -0.05) is 13.8 Å². The van der Waals surface area contributed by atoms with Crippen molar-refractivity contribution in [3.8, 4) is 6.07 Å². The van der Waals surface area contributed by atoms with E-state index < -0.39 is 0 Å². The van der Waals surface area contributed by atoms with Crippen LogP contribution in [0.25, 0.3) is 0 Å². The molecule has 3 unspecified atom stereocenters. The molecule has 1 aliphatic carbocycles. The van der Waals surface area contributed by atoms with Gasteiger partial charge in [0.1, 0.15) is 0 Å². The third-order valence-electron chi connectivity index (χ3n) is 2.78. The molecule has 1 nitrogen and oxygen atoms in total. The molecule has 1 aliphatic rings. The first kappa shape index (κ1) is 7.60. The molecular formula is C9H15N. The van der Waals surface area contributed by atoms with Gasteiger partial charge in [0, 0.05) is 5.92 Å². The molecule has 0 saturated heterocycles. The second kappa shape index (κ2) is 3.05. The van der Waals surface area contributed by atoms with Crippen LogP contribution in [0.1, 0.15) is 33.1 Å². The molecule has 1 saturated carbocycles. The van der Waals surface area contributed by atoms with Gasteiger partial charge in [-0.25, -0.2) is 0 Å². The lowest BCUT2D eigenvalue weighted by atomic mass is 9.76. The summed E-state index contributed by atoms with van der Waals surface area (Å²) in [4.78, 5) is 0. The number of hydrogen-bond donors (Lipinski definition) is 0. The van der Waals surface area contributed by atoms with Crippen LogP contribution < -0.4 is 0 Å². The molecule has 0 radical (unpaired) electrons. The summed E-state index contributed by atoms with van der Waals surface area (Å²) in [7, 11) is 0. The standard InChI is InChI=1S/C9H15N/c1-7-3-4-9(6-10)5-8(7)2/h7-9H,3-5H2,1-2H3. The van der Waals surface area contributed by atoms with Gasteiger partial charge in [0.25, 0.3) is 0 Å². The Bertz CT molecular complexity index is 145. The van der Waals surface area contributed by atoms with Crippen LogP contribution >= 0.6 is 0 Å². The molecule has 1 fully saturated rings. The van der Waals surface area contributed by atoms with Gasteiger partial charge >= 0.3 is 0 Å². The summed E-state index contributed by atoms with van der Waals surface area (Å²) in [5, 5.41) is 8.65. The topological polar surface area (TPSA) is 23.8 Å². The zero-order chi connectivity index (χ0) is 7.56. The quantitative estimate of drug-likeness (QED) is 0.503. The SMILES string of the molecule is CC1CCC(C#N)CC1C. The molecule has 0 heterocycles. The summed E-state index contributed by atoms with van der Waals surface area (Å²) in [6.07, 6.45) is 3.50. The van der Waals surface area contributed by atoms with Crippen LogP contribution in [-0.2, 0) is 0 Å². The van der Waals surface area contributed by atoms with Crippen molar-refractivity contribution >= 4 is 0 Å². The fraction of sp³-hybridized carbons (Fsp3) is 0.889. The molecule has 0 aromatic carbocycles. The molecule has 0 spiro atoms. The van der Waals surface area contributed by atoms with E-state index >= 15 is 0 Å². The highest BCUT2D eigenvalue weighted by Crippen LogP contribution is 2.32. The molecule has 0 amide bonds. The molecule has 0 bridgehead atoms. The Balaban J connectivity index is 2.42. The van der Waals surface area contributed by atoms with E-state index in [1.807, 2.05) is 0 Å². The Morgan fingerprint density at radius 1 is 1.20 bits per heavy atom. The Morgan fingerprint density at radius 3 is 2.40 bits per heavy atom. The molecule has 0 N–H and O–H groups in total. The zero-order valence-electron chi connectivity index (χ0n) is 6.80. The molecule has 0 aliphatic heterocycles. The predicted octanol–water partition coefficient (Wildman–Crippen LogP) is 2.58. The van der Waals surface area contributed by atoms with Gasteiger partial charge in [-0.05, 0) is 31.1 Å². The summed E-state index contributed by atoms with van der Waals surface area (Å²) in [6.45, 7) is 4.55. The first-order valence-electron chi connectivity index (χ1n) is 4.13. The zero-order valence-corrected chi connectivity index (χ0v) is 6.80. The lowest BCUT2D eigenvalue weighted by molar-refractivity contribution is 0.240. The van der Waals surface area contributed by atoms with E-state index in [-0.39, 0.29) is 0 Å². The second-order valence-electron chi connectivity index (χ2n) is 3.59. The van der Waals surface area contributed by atoms with Gasteiger partial charge in [0.05, 0.1) is 6.07 Å². The average molecular weight is 137 g/mol. The van der Waals surface area contributed by atoms with Crippen LogP contribution in [0, 0.1) is 29.1 Å². The van der Waals surface area contributed by atoms with Crippen LogP contribution in [0.15, 0.2) is 0 Å². The summed E-state index contributed by atoms with van der Waals surface area (Å²) in [6, 6.07) is 2.35. The Kier molecular flexibility index (Phi) is 2.32. The van der Waals surface area contributed by atoms with E-state index in [0.717, 1.165) is 24.7 Å². The number of nitriles is 1. The second-order valence-corrected chi connectivity index (χ2v) is 3.59. The van der Waals surface area contributed by atoms with Gasteiger partial charge in [0.15, 0.2) is 0 Å². The van der Waals surface area contributed by atoms with Crippen molar-refractivity contribution in [2.75, 3.05) is 0 Å². The monoisotopic (exact) mass is 137 g/mol. The van der Waals surface area contributed by atoms with Crippen LogP contribution in [0.4, 0.5) is 0 Å².